The molecule has 1 heterocycles. The van der Waals surface area contributed by atoms with Gasteiger partial charge in [0, 0.05) is 13.2 Å². The van der Waals surface area contributed by atoms with E-state index in [1.807, 2.05) is 0 Å². The van der Waals surface area contributed by atoms with E-state index >= 15 is 0 Å². The van der Waals surface area contributed by atoms with Gasteiger partial charge >= 0.3 is 0 Å². The maximum absolute atomic E-state index is 10.8. The van der Waals surface area contributed by atoms with Crippen molar-refractivity contribution in [1.82, 2.24) is 4.90 Å². The third-order valence-corrected chi connectivity index (χ3v) is 2.69. The van der Waals surface area contributed by atoms with Crippen LogP contribution in [0.25, 0.3) is 0 Å². The summed E-state index contributed by atoms with van der Waals surface area (Å²) < 4.78 is 1.02. The number of carbonyl (C=O) groups is 1. The standard InChI is InChI=1S/C5H6BrNOS/c1-7-2-4(6)9-3-5(7)8/h2H,3H2,1H3. The van der Waals surface area contributed by atoms with Crippen molar-refractivity contribution >= 4 is 33.6 Å². The molecule has 0 aromatic heterocycles. The maximum atomic E-state index is 10.8. The Hall–Kier alpha value is 0.0400. The lowest BCUT2D eigenvalue weighted by Crippen LogP contribution is -2.25. The zero-order valence-corrected chi connectivity index (χ0v) is 7.33. The van der Waals surface area contributed by atoms with Crippen molar-refractivity contribution in [2.45, 2.75) is 0 Å². The molecule has 0 N–H and O–H groups in total. The van der Waals surface area contributed by atoms with Gasteiger partial charge in [-0.1, -0.05) is 0 Å². The number of thioether (sulfide) groups is 1. The summed E-state index contributed by atoms with van der Waals surface area (Å²) in [6, 6.07) is 0. The molecule has 0 spiro atoms. The molecular weight excluding hydrogens is 202 g/mol. The van der Waals surface area contributed by atoms with Gasteiger partial charge in [0.2, 0.25) is 5.91 Å². The highest BCUT2D eigenvalue weighted by Crippen LogP contribution is 2.26. The maximum Gasteiger partial charge on any atom is 0.236 e. The van der Waals surface area contributed by atoms with Crippen LogP contribution in [0.2, 0.25) is 0 Å². The highest BCUT2D eigenvalue weighted by atomic mass is 79.9. The largest absolute Gasteiger partial charge is 0.320 e. The van der Waals surface area contributed by atoms with Crippen molar-refractivity contribution in [2.24, 2.45) is 0 Å². The minimum absolute atomic E-state index is 0.156. The second-order valence-corrected chi connectivity index (χ2v) is 4.12. The molecule has 9 heavy (non-hydrogen) atoms. The monoisotopic (exact) mass is 207 g/mol. The van der Waals surface area contributed by atoms with Crippen LogP contribution in [0.5, 0.6) is 0 Å². The zero-order chi connectivity index (χ0) is 6.85. The van der Waals surface area contributed by atoms with Gasteiger partial charge in [0.15, 0.2) is 0 Å². The second kappa shape index (κ2) is 2.75. The topological polar surface area (TPSA) is 20.3 Å². The van der Waals surface area contributed by atoms with Gasteiger partial charge in [-0.15, -0.1) is 11.8 Å². The van der Waals surface area contributed by atoms with E-state index in [9.17, 15) is 4.79 Å². The van der Waals surface area contributed by atoms with E-state index in [0.29, 0.717) is 5.75 Å². The Kier molecular flexibility index (Phi) is 2.18. The average molecular weight is 208 g/mol. The van der Waals surface area contributed by atoms with Crippen LogP contribution in [-0.2, 0) is 4.79 Å². The lowest BCUT2D eigenvalue weighted by atomic mass is 10.6. The Bertz CT molecular complexity index is 168. The number of nitrogens with zero attached hydrogens (tertiary/aromatic N) is 1. The summed E-state index contributed by atoms with van der Waals surface area (Å²) in [7, 11) is 1.75. The normalized spacial score (nSPS) is 20.0. The molecule has 0 unspecified atom stereocenters. The second-order valence-electron chi connectivity index (χ2n) is 1.73. The van der Waals surface area contributed by atoms with E-state index in [-0.39, 0.29) is 5.91 Å². The number of rotatable bonds is 0. The smallest absolute Gasteiger partial charge is 0.236 e. The molecule has 1 amide bonds. The molecule has 0 bridgehead atoms. The van der Waals surface area contributed by atoms with Crippen LogP contribution in [0, 0.1) is 0 Å². The first-order valence-electron chi connectivity index (χ1n) is 2.46. The first-order valence-corrected chi connectivity index (χ1v) is 4.24. The minimum Gasteiger partial charge on any atom is -0.320 e. The molecule has 2 nitrogen and oxygen atoms in total. The van der Waals surface area contributed by atoms with Crippen molar-refractivity contribution in [2.75, 3.05) is 12.8 Å². The van der Waals surface area contributed by atoms with E-state index in [1.54, 1.807) is 18.1 Å². The Morgan fingerprint density at radius 2 is 2.56 bits per heavy atom. The predicted molar refractivity (Wildman–Crippen MR) is 42.2 cm³/mol. The van der Waals surface area contributed by atoms with E-state index < -0.39 is 0 Å². The van der Waals surface area contributed by atoms with Gasteiger partial charge in [-0.05, 0) is 15.9 Å². The molecule has 0 radical (unpaired) electrons. The van der Waals surface area contributed by atoms with Crippen molar-refractivity contribution in [3.63, 3.8) is 0 Å². The summed E-state index contributed by atoms with van der Waals surface area (Å²) in [5, 5.41) is 0. The van der Waals surface area contributed by atoms with Crippen molar-refractivity contribution in [3.8, 4) is 0 Å². The highest BCUT2D eigenvalue weighted by Gasteiger charge is 2.12. The average Bonchev–Trinajstić information content (AvgIpc) is 1.80. The van der Waals surface area contributed by atoms with Crippen LogP contribution in [0.1, 0.15) is 0 Å². The van der Waals surface area contributed by atoms with Gasteiger partial charge in [-0.2, -0.15) is 0 Å². The molecule has 50 valence electrons. The van der Waals surface area contributed by atoms with Gasteiger partial charge in [-0.3, -0.25) is 4.79 Å². The van der Waals surface area contributed by atoms with E-state index in [4.69, 9.17) is 0 Å². The summed E-state index contributed by atoms with van der Waals surface area (Å²) >= 11 is 4.80. The number of hydrogen-bond donors (Lipinski definition) is 0. The Morgan fingerprint density at radius 1 is 1.89 bits per heavy atom. The van der Waals surface area contributed by atoms with Crippen LogP contribution in [-0.4, -0.2) is 23.6 Å². The summed E-state index contributed by atoms with van der Waals surface area (Å²) in [5.74, 6) is 0.705. The molecule has 1 rings (SSSR count). The SMILES string of the molecule is CN1C=C(Br)SCC1=O. The summed E-state index contributed by atoms with van der Waals surface area (Å²) in [6.45, 7) is 0. The van der Waals surface area contributed by atoms with Gasteiger partial charge in [0.05, 0.1) is 9.57 Å². The van der Waals surface area contributed by atoms with Gasteiger partial charge < -0.3 is 4.90 Å². The number of hydrogen-bond acceptors (Lipinski definition) is 2. The predicted octanol–water partition coefficient (Wildman–Crippen LogP) is 1.39. The fourth-order valence-electron chi connectivity index (χ4n) is 0.494. The lowest BCUT2D eigenvalue weighted by molar-refractivity contribution is -0.124. The fraction of sp³-hybridized carbons (Fsp3) is 0.400. The Balaban J connectivity index is 2.69. The molecule has 0 saturated carbocycles. The van der Waals surface area contributed by atoms with E-state index in [0.717, 1.165) is 3.81 Å². The van der Waals surface area contributed by atoms with Crippen LogP contribution in [0.4, 0.5) is 0 Å². The summed E-state index contributed by atoms with van der Waals surface area (Å²) in [4.78, 5) is 12.4. The molecular formula is C5H6BrNOS. The molecule has 0 aliphatic carbocycles. The third-order valence-electron chi connectivity index (χ3n) is 1.02. The van der Waals surface area contributed by atoms with E-state index in [1.165, 1.54) is 11.8 Å². The van der Waals surface area contributed by atoms with E-state index in [2.05, 4.69) is 15.9 Å². The van der Waals surface area contributed by atoms with Crippen LogP contribution in [0.3, 0.4) is 0 Å². The van der Waals surface area contributed by atoms with Gasteiger partial charge in [0.1, 0.15) is 0 Å². The summed E-state index contributed by atoms with van der Waals surface area (Å²) in [5.41, 5.74) is 0. The summed E-state index contributed by atoms with van der Waals surface area (Å²) in [6.07, 6.45) is 1.77. The molecule has 0 saturated heterocycles. The van der Waals surface area contributed by atoms with Crippen molar-refractivity contribution in [1.29, 1.82) is 0 Å². The highest BCUT2D eigenvalue weighted by molar-refractivity contribution is 9.14. The van der Waals surface area contributed by atoms with Crippen LogP contribution in [0.15, 0.2) is 10.0 Å². The number of halogens is 1. The number of carbonyl (C=O) groups excluding carboxylic acids is 1. The fourth-order valence-corrected chi connectivity index (χ4v) is 1.84. The molecule has 0 aromatic rings. The van der Waals surface area contributed by atoms with Crippen LogP contribution >= 0.6 is 27.7 Å². The molecule has 0 atom stereocenters. The first kappa shape index (κ1) is 7.15. The Labute approximate surface area is 66.4 Å². The first-order chi connectivity index (χ1) is 4.20. The quantitative estimate of drug-likeness (QED) is 0.599. The molecule has 0 fully saturated rings. The van der Waals surface area contributed by atoms with Gasteiger partial charge in [0.25, 0.3) is 0 Å². The third kappa shape index (κ3) is 1.72. The minimum atomic E-state index is 0.156. The van der Waals surface area contributed by atoms with Crippen LogP contribution < -0.4 is 0 Å². The molecule has 1 aliphatic rings. The van der Waals surface area contributed by atoms with Crippen molar-refractivity contribution in [3.05, 3.63) is 10.0 Å². The zero-order valence-electron chi connectivity index (χ0n) is 4.93. The molecule has 4 heteroatoms. The van der Waals surface area contributed by atoms with Gasteiger partial charge in [-0.25, -0.2) is 0 Å². The Morgan fingerprint density at radius 3 is 3.00 bits per heavy atom. The number of amides is 1. The molecule has 0 aromatic carbocycles. The molecule has 1 aliphatic heterocycles. The lowest BCUT2D eigenvalue weighted by Gasteiger charge is -2.16. The van der Waals surface area contributed by atoms with Crippen molar-refractivity contribution < 1.29 is 4.79 Å².